The Morgan fingerprint density at radius 1 is 0.800 bits per heavy atom. The minimum Gasteiger partial charge on any atom is -0.548 e. The maximum Gasteiger partial charge on any atom is 0.0584 e. The minimum absolute atomic E-state index is 0.483. The van der Waals surface area contributed by atoms with Crippen LogP contribution in [0.25, 0.3) is 0 Å². The van der Waals surface area contributed by atoms with Gasteiger partial charge in [0, 0.05) is 6.04 Å². The van der Waals surface area contributed by atoms with Crippen LogP contribution in [0.2, 0.25) is 0 Å². The lowest BCUT2D eigenvalue weighted by atomic mass is 10.1. The molecule has 0 spiro atoms. The molecule has 0 aliphatic carbocycles. The maximum absolute atomic E-state index is 10.8. The smallest absolute Gasteiger partial charge is 0.0584 e. The summed E-state index contributed by atoms with van der Waals surface area (Å²) in [6.07, 6.45) is 23.5. The fraction of sp³-hybridized carbons (Fsp3) is 0.864. The van der Waals surface area contributed by atoms with E-state index in [1.54, 1.807) is 0 Å². The van der Waals surface area contributed by atoms with Gasteiger partial charge in [-0.05, 0) is 45.1 Å². The third kappa shape index (κ3) is 17.8. The Hall–Kier alpha value is -0.830. The number of hydrogen-bond donors (Lipinski definition) is 1. The first kappa shape index (κ1) is 24.2. The van der Waals surface area contributed by atoms with Gasteiger partial charge in [-0.15, -0.1) is 0 Å². The number of allylic oxidation sites excluding steroid dienone is 2. The minimum atomic E-state index is -0.980. The molecule has 0 aliphatic rings. The highest BCUT2D eigenvalue weighted by Crippen LogP contribution is 2.09. The summed E-state index contributed by atoms with van der Waals surface area (Å²) in [6.45, 7) is 4.92. The zero-order chi connectivity index (χ0) is 18.6. The predicted molar refractivity (Wildman–Crippen MR) is 107 cm³/mol. The molecule has 0 saturated carbocycles. The van der Waals surface area contributed by atoms with Gasteiger partial charge in [0.25, 0.3) is 0 Å². The van der Waals surface area contributed by atoms with Crippen molar-refractivity contribution in [3.63, 3.8) is 0 Å². The zero-order valence-electron chi connectivity index (χ0n) is 16.9. The summed E-state index contributed by atoms with van der Waals surface area (Å²) in [7, 11) is 0. The van der Waals surface area contributed by atoms with Crippen molar-refractivity contribution in [2.45, 2.75) is 116 Å². The first-order valence-electron chi connectivity index (χ1n) is 10.8. The number of hydrogen-bond acceptors (Lipinski definition) is 3. The van der Waals surface area contributed by atoms with E-state index in [0.717, 1.165) is 13.0 Å². The van der Waals surface area contributed by atoms with Gasteiger partial charge >= 0.3 is 0 Å². The van der Waals surface area contributed by atoms with Gasteiger partial charge in [-0.3, -0.25) is 0 Å². The van der Waals surface area contributed by atoms with E-state index < -0.39 is 12.0 Å². The van der Waals surface area contributed by atoms with E-state index in [0.29, 0.717) is 6.42 Å². The predicted octanol–water partition coefficient (Wildman–Crippen LogP) is 5.14. The lowest BCUT2D eigenvalue weighted by Gasteiger charge is -2.17. The van der Waals surface area contributed by atoms with Gasteiger partial charge in [-0.25, -0.2) is 0 Å². The second-order valence-corrected chi connectivity index (χ2v) is 7.17. The van der Waals surface area contributed by atoms with Crippen molar-refractivity contribution in [2.75, 3.05) is 6.54 Å². The molecule has 148 valence electrons. The fourth-order valence-electron chi connectivity index (χ4n) is 3.04. The second kappa shape index (κ2) is 19.5. The molecule has 0 bridgehead atoms. The van der Waals surface area contributed by atoms with Gasteiger partial charge in [-0.1, -0.05) is 83.8 Å². The molecule has 0 fully saturated rings. The molecule has 0 rings (SSSR count). The van der Waals surface area contributed by atoms with E-state index in [1.807, 2.05) is 6.92 Å². The molecule has 0 aromatic rings. The summed E-state index contributed by atoms with van der Waals surface area (Å²) in [5, 5.41) is 13.8. The van der Waals surface area contributed by atoms with Gasteiger partial charge in [0.05, 0.1) is 5.97 Å². The summed E-state index contributed by atoms with van der Waals surface area (Å²) in [5.74, 6) is -0.980. The van der Waals surface area contributed by atoms with Crippen LogP contribution in [0.15, 0.2) is 12.2 Å². The Bertz CT molecular complexity index is 315. The Kier molecular flexibility index (Phi) is 18.8. The first-order chi connectivity index (χ1) is 12.2. The van der Waals surface area contributed by atoms with Gasteiger partial charge in [0.2, 0.25) is 0 Å². The van der Waals surface area contributed by atoms with Gasteiger partial charge in [0.1, 0.15) is 0 Å². The van der Waals surface area contributed by atoms with E-state index >= 15 is 0 Å². The Balaban J connectivity index is 3.20. The summed E-state index contributed by atoms with van der Waals surface area (Å²) in [5.41, 5.74) is 0. The molecule has 0 amide bonds. The van der Waals surface area contributed by atoms with Crippen molar-refractivity contribution >= 4 is 5.97 Å². The molecule has 1 unspecified atom stereocenters. The normalized spacial score (nSPS) is 12.7. The first-order valence-corrected chi connectivity index (χ1v) is 10.8. The molecule has 3 nitrogen and oxygen atoms in total. The average Bonchev–Trinajstić information content (AvgIpc) is 2.60. The average molecular weight is 353 g/mol. The molecule has 0 radical (unpaired) electrons. The van der Waals surface area contributed by atoms with Gasteiger partial charge in [-0.2, -0.15) is 0 Å². The van der Waals surface area contributed by atoms with Crippen LogP contribution >= 0.6 is 0 Å². The van der Waals surface area contributed by atoms with E-state index in [9.17, 15) is 9.90 Å². The lowest BCUT2D eigenvalue weighted by Crippen LogP contribution is -2.45. The molecule has 1 atom stereocenters. The molecule has 25 heavy (non-hydrogen) atoms. The van der Waals surface area contributed by atoms with Crippen LogP contribution < -0.4 is 10.4 Å². The van der Waals surface area contributed by atoms with Crippen LogP contribution in [-0.4, -0.2) is 18.6 Å². The quantitative estimate of drug-likeness (QED) is 0.259. The van der Waals surface area contributed by atoms with E-state index in [4.69, 9.17) is 0 Å². The molecule has 0 aromatic carbocycles. The van der Waals surface area contributed by atoms with Crippen LogP contribution in [0, 0.1) is 0 Å². The molecule has 0 aromatic heterocycles. The topological polar surface area (TPSA) is 52.2 Å². The van der Waals surface area contributed by atoms with Crippen LogP contribution in [0.4, 0.5) is 0 Å². The molecule has 0 saturated heterocycles. The monoisotopic (exact) mass is 352 g/mol. The third-order valence-corrected chi connectivity index (χ3v) is 4.77. The third-order valence-electron chi connectivity index (χ3n) is 4.77. The van der Waals surface area contributed by atoms with Crippen molar-refractivity contribution in [1.29, 1.82) is 0 Å². The molecular formula is C22H42NO2-. The Labute approximate surface area is 156 Å². The van der Waals surface area contributed by atoms with Gasteiger partial charge in [0.15, 0.2) is 0 Å². The number of aliphatic carboxylic acids is 1. The van der Waals surface area contributed by atoms with Crippen molar-refractivity contribution in [3.05, 3.63) is 12.2 Å². The molecule has 0 heterocycles. The Morgan fingerprint density at radius 3 is 1.76 bits per heavy atom. The number of carbonyl (C=O) groups excluding carboxylic acids is 1. The van der Waals surface area contributed by atoms with Crippen molar-refractivity contribution in [3.8, 4) is 0 Å². The number of carbonyl (C=O) groups is 1. The standard InChI is InChI=1S/C22H43NO2/c1-3-5-6-7-8-9-10-11-12-13-14-15-16-17-18-19-20-23-21(4-2)22(24)25/h11-12,21,23H,3-10,13-20H2,1-2H3,(H,24,25)/p-1/b12-11+. The van der Waals surface area contributed by atoms with Crippen LogP contribution in [0.1, 0.15) is 110 Å². The van der Waals surface area contributed by atoms with Crippen molar-refractivity contribution < 1.29 is 9.90 Å². The van der Waals surface area contributed by atoms with E-state index in [1.165, 1.54) is 83.5 Å². The Morgan fingerprint density at radius 2 is 1.28 bits per heavy atom. The summed E-state index contributed by atoms with van der Waals surface area (Å²) < 4.78 is 0. The van der Waals surface area contributed by atoms with Crippen molar-refractivity contribution in [2.24, 2.45) is 0 Å². The summed E-state index contributed by atoms with van der Waals surface area (Å²) in [6, 6.07) is -0.483. The summed E-state index contributed by atoms with van der Waals surface area (Å²) in [4.78, 5) is 10.8. The SMILES string of the molecule is CCCCCCCC/C=C/CCCCCCCCNC(CC)C(=O)[O-]. The fourth-order valence-corrected chi connectivity index (χ4v) is 3.04. The molecule has 1 N–H and O–H groups in total. The highest BCUT2D eigenvalue weighted by Gasteiger charge is 2.04. The van der Waals surface area contributed by atoms with E-state index in [-0.39, 0.29) is 0 Å². The van der Waals surface area contributed by atoms with Crippen molar-refractivity contribution in [1.82, 2.24) is 5.32 Å². The number of carboxylic acids is 1. The largest absolute Gasteiger partial charge is 0.548 e. The summed E-state index contributed by atoms with van der Waals surface area (Å²) >= 11 is 0. The second-order valence-electron chi connectivity index (χ2n) is 7.17. The number of carboxylic acid groups (broad SMARTS) is 1. The number of rotatable bonds is 19. The van der Waals surface area contributed by atoms with E-state index in [2.05, 4.69) is 24.4 Å². The highest BCUT2D eigenvalue weighted by molar-refractivity contribution is 5.70. The lowest BCUT2D eigenvalue weighted by molar-refractivity contribution is -0.308. The van der Waals surface area contributed by atoms with Gasteiger partial charge < -0.3 is 15.2 Å². The number of nitrogens with one attached hydrogen (secondary N) is 1. The molecular weight excluding hydrogens is 310 g/mol. The van der Waals surface area contributed by atoms with Crippen LogP contribution in [-0.2, 0) is 4.79 Å². The number of unbranched alkanes of at least 4 members (excludes halogenated alkanes) is 12. The van der Waals surface area contributed by atoms with Crippen LogP contribution in [0.3, 0.4) is 0 Å². The zero-order valence-corrected chi connectivity index (χ0v) is 16.9. The van der Waals surface area contributed by atoms with Crippen LogP contribution in [0.5, 0.6) is 0 Å². The molecule has 0 aliphatic heterocycles. The maximum atomic E-state index is 10.8. The highest BCUT2D eigenvalue weighted by atomic mass is 16.4. The molecule has 3 heteroatoms.